The molecule has 0 fully saturated rings. The van der Waals surface area contributed by atoms with Crippen molar-refractivity contribution in [2.45, 2.75) is 25.9 Å². The third-order valence-electron chi connectivity index (χ3n) is 1.25. The summed E-state index contributed by atoms with van der Waals surface area (Å²) >= 11 is 3.21. The predicted octanol–water partition coefficient (Wildman–Crippen LogP) is 2.04. The molecule has 0 aliphatic rings. The van der Waals surface area contributed by atoms with Crippen LogP contribution in [0.1, 0.15) is 20.3 Å². The van der Waals surface area contributed by atoms with Gasteiger partial charge in [-0.3, -0.25) is 5.26 Å². The maximum absolute atomic E-state index is 8.26. The number of hydrogen-bond donors (Lipinski definition) is 1. The van der Waals surface area contributed by atoms with E-state index in [1.807, 2.05) is 13.8 Å². The number of halogens is 1. The third-order valence-corrected chi connectivity index (χ3v) is 2.44. The molecule has 0 saturated heterocycles. The van der Waals surface area contributed by atoms with Crippen LogP contribution >= 0.6 is 15.9 Å². The van der Waals surface area contributed by atoms with Gasteiger partial charge in [0, 0.05) is 5.33 Å². The van der Waals surface area contributed by atoms with Gasteiger partial charge in [0.15, 0.2) is 0 Å². The summed E-state index contributed by atoms with van der Waals surface area (Å²) in [6.45, 7) is 3.79. The normalized spacial score (nSPS) is 18.0. The van der Waals surface area contributed by atoms with Crippen LogP contribution in [0.5, 0.6) is 0 Å². The first-order valence-electron chi connectivity index (χ1n) is 2.57. The highest BCUT2D eigenvalue weighted by Gasteiger charge is 2.20. The molecule has 0 aromatic heterocycles. The molecule has 8 heavy (non-hydrogen) atoms. The van der Waals surface area contributed by atoms with Gasteiger partial charge in [0.25, 0.3) is 0 Å². The summed E-state index contributed by atoms with van der Waals surface area (Å²) in [6, 6.07) is 0. The zero-order chi connectivity index (χ0) is 6.62. The highest BCUT2D eigenvalue weighted by molar-refractivity contribution is 9.09. The van der Waals surface area contributed by atoms with Crippen molar-refractivity contribution < 1.29 is 10.1 Å². The summed E-state index contributed by atoms with van der Waals surface area (Å²) in [5.41, 5.74) is -0.403. The molecule has 1 unspecified atom stereocenters. The summed E-state index contributed by atoms with van der Waals surface area (Å²) < 4.78 is 0. The molecule has 0 radical (unpaired) electrons. The van der Waals surface area contributed by atoms with E-state index in [1.54, 1.807) is 0 Å². The molecule has 2 nitrogen and oxygen atoms in total. The molecule has 0 rings (SSSR count). The van der Waals surface area contributed by atoms with Crippen LogP contribution in [-0.4, -0.2) is 16.2 Å². The van der Waals surface area contributed by atoms with Crippen LogP contribution in [0, 0.1) is 0 Å². The van der Waals surface area contributed by atoms with E-state index in [4.69, 9.17) is 5.26 Å². The topological polar surface area (TPSA) is 29.5 Å². The van der Waals surface area contributed by atoms with E-state index in [2.05, 4.69) is 20.8 Å². The average Bonchev–Trinajstić information content (AvgIpc) is 1.87. The second-order valence-corrected chi connectivity index (χ2v) is 2.59. The van der Waals surface area contributed by atoms with Crippen LogP contribution in [0.3, 0.4) is 0 Å². The lowest BCUT2D eigenvalue weighted by Gasteiger charge is -2.20. The SMILES string of the molecule is CCC(C)(CBr)OO. The van der Waals surface area contributed by atoms with Gasteiger partial charge in [0.05, 0.1) is 0 Å². The van der Waals surface area contributed by atoms with E-state index in [0.29, 0.717) is 5.33 Å². The largest absolute Gasteiger partial charge is 0.251 e. The van der Waals surface area contributed by atoms with Gasteiger partial charge in [-0.05, 0) is 13.3 Å². The lowest BCUT2D eigenvalue weighted by Crippen LogP contribution is -2.27. The summed E-state index contributed by atoms with van der Waals surface area (Å²) in [5.74, 6) is 0. The first-order chi connectivity index (χ1) is 3.68. The second kappa shape index (κ2) is 3.43. The lowest BCUT2D eigenvalue weighted by atomic mass is 10.1. The molecule has 3 heteroatoms. The molecule has 1 N–H and O–H groups in total. The molecule has 0 bridgehead atoms. The summed E-state index contributed by atoms with van der Waals surface area (Å²) in [5, 5.41) is 8.91. The summed E-state index contributed by atoms with van der Waals surface area (Å²) in [7, 11) is 0. The van der Waals surface area contributed by atoms with Crippen molar-refractivity contribution >= 4 is 15.9 Å². The molecule has 0 spiro atoms. The molecule has 1 atom stereocenters. The minimum Gasteiger partial charge on any atom is -0.251 e. The van der Waals surface area contributed by atoms with Crippen molar-refractivity contribution in [3.63, 3.8) is 0 Å². The zero-order valence-electron chi connectivity index (χ0n) is 5.15. The highest BCUT2D eigenvalue weighted by Crippen LogP contribution is 2.15. The Bertz CT molecular complexity index is 53.2. The van der Waals surface area contributed by atoms with E-state index >= 15 is 0 Å². The first-order valence-corrected chi connectivity index (χ1v) is 3.69. The first kappa shape index (κ1) is 8.40. The van der Waals surface area contributed by atoms with E-state index in [-0.39, 0.29) is 0 Å². The number of alkyl halides is 1. The lowest BCUT2D eigenvalue weighted by molar-refractivity contribution is -0.311. The molecule has 0 amide bonds. The minimum absolute atomic E-state index is 0.403. The quantitative estimate of drug-likeness (QED) is 0.412. The third kappa shape index (κ3) is 2.11. The Labute approximate surface area is 57.9 Å². The number of rotatable bonds is 3. The Hall–Kier alpha value is 0.400. The van der Waals surface area contributed by atoms with Gasteiger partial charge in [0.2, 0.25) is 0 Å². The smallest absolute Gasteiger partial charge is 0.110 e. The predicted molar refractivity (Wildman–Crippen MR) is 36.2 cm³/mol. The molecule has 0 heterocycles. The van der Waals surface area contributed by atoms with Crippen molar-refractivity contribution in [3.05, 3.63) is 0 Å². The standard InChI is InChI=1S/C5H11BrO2/c1-3-5(2,4-6)8-7/h7H,3-4H2,1-2H3. The molecular formula is C5H11BrO2. The van der Waals surface area contributed by atoms with Gasteiger partial charge in [-0.25, -0.2) is 4.89 Å². The minimum atomic E-state index is -0.403. The summed E-state index contributed by atoms with van der Waals surface area (Å²) in [6.07, 6.45) is 0.800. The Morgan fingerprint density at radius 1 is 1.75 bits per heavy atom. The van der Waals surface area contributed by atoms with E-state index in [1.165, 1.54) is 0 Å². The van der Waals surface area contributed by atoms with Crippen LogP contribution in [0.15, 0.2) is 0 Å². The van der Waals surface area contributed by atoms with Gasteiger partial charge in [-0.1, -0.05) is 22.9 Å². The highest BCUT2D eigenvalue weighted by atomic mass is 79.9. The van der Waals surface area contributed by atoms with Gasteiger partial charge in [0.1, 0.15) is 5.60 Å². The van der Waals surface area contributed by atoms with Crippen molar-refractivity contribution in [2.75, 3.05) is 5.33 Å². The molecule has 0 aliphatic heterocycles. The van der Waals surface area contributed by atoms with Crippen molar-refractivity contribution in [3.8, 4) is 0 Å². The second-order valence-electron chi connectivity index (χ2n) is 2.03. The summed E-state index contributed by atoms with van der Waals surface area (Å²) in [4.78, 5) is 4.19. The Morgan fingerprint density at radius 2 is 2.25 bits per heavy atom. The van der Waals surface area contributed by atoms with Crippen LogP contribution in [0.4, 0.5) is 0 Å². The van der Waals surface area contributed by atoms with E-state index in [9.17, 15) is 0 Å². The fourth-order valence-electron chi connectivity index (χ4n) is 0.183. The number of hydrogen-bond acceptors (Lipinski definition) is 2. The Morgan fingerprint density at radius 3 is 2.25 bits per heavy atom. The van der Waals surface area contributed by atoms with Crippen LogP contribution in [0.2, 0.25) is 0 Å². The monoisotopic (exact) mass is 182 g/mol. The molecule has 0 aliphatic carbocycles. The van der Waals surface area contributed by atoms with E-state index in [0.717, 1.165) is 6.42 Å². The van der Waals surface area contributed by atoms with Crippen LogP contribution in [0.25, 0.3) is 0 Å². The molecule has 0 saturated carbocycles. The van der Waals surface area contributed by atoms with Crippen molar-refractivity contribution in [1.82, 2.24) is 0 Å². The Balaban J connectivity index is 3.58. The maximum atomic E-state index is 8.26. The maximum Gasteiger partial charge on any atom is 0.110 e. The van der Waals surface area contributed by atoms with Crippen molar-refractivity contribution in [2.24, 2.45) is 0 Å². The Kier molecular flexibility index (Phi) is 3.60. The van der Waals surface area contributed by atoms with Gasteiger partial charge < -0.3 is 0 Å². The average molecular weight is 183 g/mol. The van der Waals surface area contributed by atoms with E-state index < -0.39 is 5.60 Å². The molecule has 50 valence electrons. The molecule has 0 aromatic rings. The molecule has 0 aromatic carbocycles. The van der Waals surface area contributed by atoms with Gasteiger partial charge in [-0.15, -0.1) is 0 Å². The molecular weight excluding hydrogens is 172 g/mol. The fraction of sp³-hybridized carbons (Fsp3) is 1.00. The fourth-order valence-corrected chi connectivity index (χ4v) is 0.682. The van der Waals surface area contributed by atoms with Gasteiger partial charge >= 0.3 is 0 Å². The zero-order valence-corrected chi connectivity index (χ0v) is 6.73. The van der Waals surface area contributed by atoms with Crippen molar-refractivity contribution in [1.29, 1.82) is 0 Å². The van der Waals surface area contributed by atoms with Crippen LogP contribution < -0.4 is 0 Å². The van der Waals surface area contributed by atoms with Crippen LogP contribution in [-0.2, 0) is 4.89 Å². The van der Waals surface area contributed by atoms with Gasteiger partial charge in [-0.2, -0.15) is 0 Å².